The molecule has 1 N–H and O–H groups in total. The molecule has 3 nitrogen and oxygen atoms in total. The number of aryl methyl sites for hydroxylation is 1. The van der Waals surface area contributed by atoms with Gasteiger partial charge in [0.15, 0.2) is 0 Å². The predicted molar refractivity (Wildman–Crippen MR) is 69.1 cm³/mol. The van der Waals surface area contributed by atoms with Gasteiger partial charge in [-0.25, -0.2) is 14.4 Å². The van der Waals surface area contributed by atoms with E-state index in [0.717, 1.165) is 42.8 Å². The lowest BCUT2D eigenvalue weighted by atomic mass is 9.98. The van der Waals surface area contributed by atoms with E-state index in [1.54, 1.807) is 6.07 Å². The van der Waals surface area contributed by atoms with Crippen LogP contribution in [0.1, 0.15) is 30.3 Å². The normalized spacial score (nSPS) is 20.2. The average Bonchev–Trinajstić information content (AvgIpc) is 2.41. The van der Waals surface area contributed by atoms with Crippen molar-refractivity contribution in [2.24, 2.45) is 0 Å². The molecular weight excluding hydrogens is 229 g/mol. The molecule has 4 heteroatoms. The Balaban J connectivity index is 2.11. The Hall–Kier alpha value is -1.55. The number of aromatic nitrogens is 2. The quantitative estimate of drug-likeness (QED) is 0.839. The summed E-state index contributed by atoms with van der Waals surface area (Å²) in [6.45, 7) is 3.86. The van der Waals surface area contributed by atoms with Crippen LogP contribution < -0.4 is 5.32 Å². The lowest BCUT2D eigenvalue weighted by molar-refractivity contribution is 0.446. The van der Waals surface area contributed by atoms with Crippen LogP contribution in [-0.4, -0.2) is 23.1 Å². The topological polar surface area (TPSA) is 37.8 Å². The van der Waals surface area contributed by atoms with Crippen molar-refractivity contribution in [2.75, 3.05) is 13.1 Å². The largest absolute Gasteiger partial charge is 0.316 e. The van der Waals surface area contributed by atoms with Crippen molar-refractivity contribution in [3.05, 3.63) is 35.5 Å². The summed E-state index contributed by atoms with van der Waals surface area (Å²) in [5, 5.41) is 4.15. The van der Waals surface area contributed by atoms with Crippen molar-refractivity contribution in [1.29, 1.82) is 0 Å². The van der Waals surface area contributed by atoms with Gasteiger partial charge in [0.25, 0.3) is 0 Å². The second kappa shape index (κ2) is 4.61. The van der Waals surface area contributed by atoms with Crippen LogP contribution in [0.5, 0.6) is 0 Å². The number of halogens is 1. The monoisotopic (exact) mass is 245 g/mol. The maximum absolute atomic E-state index is 13.8. The molecule has 94 valence electrons. The Labute approximate surface area is 105 Å². The fraction of sp³-hybridized carbons (Fsp3) is 0.429. The van der Waals surface area contributed by atoms with Crippen LogP contribution in [-0.2, 0) is 0 Å². The maximum Gasteiger partial charge on any atom is 0.149 e. The van der Waals surface area contributed by atoms with Crippen LogP contribution >= 0.6 is 0 Å². The molecule has 2 heterocycles. The van der Waals surface area contributed by atoms with E-state index in [1.165, 1.54) is 6.07 Å². The summed E-state index contributed by atoms with van der Waals surface area (Å²) in [5.74, 6) is 0.821. The highest BCUT2D eigenvalue weighted by Crippen LogP contribution is 2.24. The van der Waals surface area contributed by atoms with E-state index in [2.05, 4.69) is 15.3 Å². The summed E-state index contributed by atoms with van der Waals surface area (Å²) in [4.78, 5) is 8.98. The number of hydrogen-bond acceptors (Lipinski definition) is 3. The molecule has 1 saturated heterocycles. The highest BCUT2D eigenvalue weighted by atomic mass is 19.1. The van der Waals surface area contributed by atoms with E-state index in [4.69, 9.17) is 0 Å². The Morgan fingerprint density at radius 1 is 1.33 bits per heavy atom. The molecule has 0 amide bonds. The highest BCUT2D eigenvalue weighted by Gasteiger charge is 2.19. The van der Waals surface area contributed by atoms with Crippen molar-refractivity contribution >= 4 is 10.9 Å². The molecular formula is C14H16FN3. The van der Waals surface area contributed by atoms with Gasteiger partial charge in [0.05, 0.1) is 0 Å². The third-order valence-electron chi connectivity index (χ3n) is 3.55. The van der Waals surface area contributed by atoms with Crippen LogP contribution in [0.2, 0.25) is 0 Å². The Morgan fingerprint density at radius 3 is 3.00 bits per heavy atom. The van der Waals surface area contributed by atoms with Crippen LogP contribution in [0.25, 0.3) is 10.9 Å². The Bertz CT molecular complexity index is 577. The molecule has 1 aliphatic rings. The zero-order valence-electron chi connectivity index (χ0n) is 10.4. The molecule has 1 aromatic heterocycles. The van der Waals surface area contributed by atoms with E-state index in [-0.39, 0.29) is 5.82 Å². The van der Waals surface area contributed by atoms with Gasteiger partial charge in [0.2, 0.25) is 0 Å². The minimum absolute atomic E-state index is 0.261. The minimum Gasteiger partial charge on any atom is -0.316 e. The summed E-state index contributed by atoms with van der Waals surface area (Å²) in [6.07, 6.45) is 2.20. The molecule has 0 radical (unpaired) electrons. The SMILES string of the molecule is Cc1nc(C2CCCNC2)nc2c(F)cccc12. The Kier molecular flexibility index (Phi) is 2.96. The smallest absolute Gasteiger partial charge is 0.149 e. The van der Waals surface area contributed by atoms with Crippen molar-refractivity contribution in [3.8, 4) is 0 Å². The van der Waals surface area contributed by atoms with Gasteiger partial charge in [0.1, 0.15) is 17.2 Å². The zero-order valence-corrected chi connectivity index (χ0v) is 10.4. The molecule has 18 heavy (non-hydrogen) atoms. The van der Waals surface area contributed by atoms with E-state index in [9.17, 15) is 4.39 Å². The number of rotatable bonds is 1. The highest BCUT2D eigenvalue weighted by molar-refractivity contribution is 5.81. The van der Waals surface area contributed by atoms with Gasteiger partial charge in [-0.05, 0) is 32.4 Å². The fourth-order valence-corrected chi connectivity index (χ4v) is 2.55. The molecule has 3 rings (SSSR count). The molecule has 0 aliphatic carbocycles. The van der Waals surface area contributed by atoms with Crippen molar-refractivity contribution < 1.29 is 4.39 Å². The van der Waals surface area contributed by atoms with Gasteiger partial charge in [-0.15, -0.1) is 0 Å². The van der Waals surface area contributed by atoms with Crippen molar-refractivity contribution in [1.82, 2.24) is 15.3 Å². The summed E-state index contributed by atoms with van der Waals surface area (Å²) in [7, 11) is 0. The van der Waals surface area contributed by atoms with Gasteiger partial charge in [-0.1, -0.05) is 12.1 Å². The van der Waals surface area contributed by atoms with Gasteiger partial charge >= 0.3 is 0 Å². The van der Waals surface area contributed by atoms with Crippen molar-refractivity contribution in [2.45, 2.75) is 25.7 Å². The number of fused-ring (bicyclic) bond motifs is 1. The summed E-state index contributed by atoms with van der Waals surface area (Å²) in [5.41, 5.74) is 1.31. The van der Waals surface area contributed by atoms with E-state index in [0.29, 0.717) is 11.4 Å². The van der Waals surface area contributed by atoms with E-state index < -0.39 is 0 Å². The first-order valence-corrected chi connectivity index (χ1v) is 6.39. The van der Waals surface area contributed by atoms with Gasteiger partial charge in [0, 0.05) is 23.5 Å². The molecule has 1 aliphatic heterocycles. The van der Waals surface area contributed by atoms with Crippen molar-refractivity contribution in [3.63, 3.8) is 0 Å². The second-order valence-corrected chi connectivity index (χ2v) is 4.85. The molecule has 1 unspecified atom stereocenters. The molecule has 0 bridgehead atoms. The van der Waals surface area contributed by atoms with Crippen LogP contribution in [0.3, 0.4) is 0 Å². The first-order chi connectivity index (χ1) is 8.75. The lowest BCUT2D eigenvalue weighted by Crippen LogP contribution is -2.29. The summed E-state index contributed by atoms with van der Waals surface area (Å²) < 4.78 is 13.8. The Morgan fingerprint density at radius 2 is 2.22 bits per heavy atom. The standard InChI is InChI=1S/C14H16FN3/c1-9-11-5-2-6-12(15)13(11)18-14(17-9)10-4-3-7-16-8-10/h2,5-6,10,16H,3-4,7-8H2,1H3. The van der Waals surface area contributed by atoms with Crippen LogP contribution in [0.4, 0.5) is 4.39 Å². The predicted octanol–water partition coefficient (Wildman–Crippen LogP) is 2.54. The van der Waals surface area contributed by atoms with Gasteiger partial charge in [-0.3, -0.25) is 0 Å². The van der Waals surface area contributed by atoms with E-state index >= 15 is 0 Å². The summed E-state index contributed by atoms with van der Waals surface area (Å²) in [6, 6.07) is 5.03. The number of para-hydroxylation sites is 1. The molecule has 1 fully saturated rings. The fourth-order valence-electron chi connectivity index (χ4n) is 2.55. The number of nitrogens with one attached hydrogen (secondary N) is 1. The third kappa shape index (κ3) is 1.97. The number of piperidine rings is 1. The first-order valence-electron chi connectivity index (χ1n) is 6.39. The van der Waals surface area contributed by atoms with Gasteiger partial charge in [-0.2, -0.15) is 0 Å². The van der Waals surface area contributed by atoms with Gasteiger partial charge < -0.3 is 5.32 Å². The number of benzene rings is 1. The molecule has 1 aromatic carbocycles. The number of nitrogens with zero attached hydrogens (tertiary/aromatic N) is 2. The average molecular weight is 245 g/mol. The first kappa shape index (κ1) is 11.5. The molecule has 2 aromatic rings. The van der Waals surface area contributed by atoms with E-state index in [1.807, 2.05) is 13.0 Å². The van der Waals surface area contributed by atoms with Crippen LogP contribution in [0.15, 0.2) is 18.2 Å². The van der Waals surface area contributed by atoms with Crippen LogP contribution in [0, 0.1) is 12.7 Å². The number of hydrogen-bond donors (Lipinski definition) is 1. The lowest BCUT2D eigenvalue weighted by Gasteiger charge is -2.22. The molecule has 0 saturated carbocycles. The zero-order chi connectivity index (χ0) is 12.5. The second-order valence-electron chi connectivity index (χ2n) is 4.85. The third-order valence-corrected chi connectivity index (χ3v) is 3.55. The minimum atomic E-state index is -0.261. The molecule has 0 spiro atoms. The maximum atomic E-state index is 13.8. The molecule has 1 atom stereocenters. The summed E-state index contributed by atoms with van der Waals surface area (Å²) >= 11 is 0.